The molecule has 0 aromatic carbocycles. The zero-order chi connectivity index (χ0) is 31.9. The van der Waals surface area contributed by atoms with Crippen LogP contribution in [0.15, 0.2) is 0 Å². The van der Waals surface area contributed by atoms with Gasteiger partial charge in [-0.2, -0.15) is 8.42 Å². The summed E-state index contributed by atoms with van der Waals surface area (Å²) in [6, 6.07) is 0. The van der Waals surface area contributed by atoms with E-state index >= 15 is 0 Å². The van der Waals surface area contributed by atoms with Gasteiger partial charge in [-0.05, 0) is 60.3 Å². The Morgan fingerprint density at radius 3 is 2.10 bits per heavy atom. The summed E-state index contributed by atoms with van der Waals surface area (Å²) in [4.78, 5) is 53.4. The Labute approximate surface area is 245 Å². The molecule has 1 aliphatic heterocycles. The smallest absolute Gasteiger partial charge is 0.312 e. The number of carbonyl (C=O) groups is 4. The van der Waals surface area contributed by atoms with Gasteiger partial charge >= 0.3 is 11.9 Å². The molecule has 13 heteroatoms. The quantitative estimate of drug-likeness (QED) is 0.144. The summed E-state index contributed by atoms with van der Waals surface area (Å²) in [5.74, 6) is -3.15. The summed E-state index contributed by atoms with van der Waals surface area (Å²) >= 11 is 0. The Balaban J connectivity index is 3.12. The molecule has 0 aromatic rings. The number of likely N-dealkylation sites (N-methyl/N-ethyl adjacent to an activating group) is 1. The number of rotatable bonds is 17. The van der Waals surface area contributed by atoms with Crippen LogP contribution in [0.2, 0.25) is 0 Å². The minimum Gasteiger partial charge on any atom is -0.463 e. The van der Waals surface area contributed by atoms with Crippen molar-refractivity contribution < 1.29 is 46.1 Å². The molecular weight excluding hydrogens is 554 g/mol. The van der Waals surface area contributed by atoms with Crippen molar-refractivity contribution in [3.05, 3.63) is 0 Å². The maximum atomic E-state index is 13.6. The zero-order valence-electron chi connectivity index (χ0n) is 26.4. The third-order valence-electron chi connectivity index (χ3n) is 7.42. The number of nitrogens with one attached hydrogen (secondary N) is 1. The monoisotopic (exact) mass is 606 g/mol. The van der Waals surface area contributed by atoms with Crippen LogP contribution in [0.3, 0.4) is 0 Å². The first-order valence-corrected chi connectivity index (χ1v) is 15.8. The Morgan fingerprint density at radius 2 is 1.61 bits per heavy atom. The fourth-order valence-corrected chi connectivity index (χ4v) is 5.76. The van der Waals surface area contributed by atoms with E-state index in [-0.39, 0.29) is 32.0 Å². The van der Waals surface area contributed by atoms with Crippen molar-refractivity contribution >= 4 is 33.9 Å². The number of carbonyl (C=O) groups excluding carboxylic acids is 4. The van der Waals surface area contributed by atoms with Gasteiger partial charge in [-0.25, -0.2) is 0 Å². The Bertz CT molecular complexity index is 1050. The lowest BCUT2D eigenvalue weighted by molar-refractivity contribution is -0.870. The van der Waals surface area contributed by atoms with Gasteiger partial charge in [-0.1, -0.05) is 6.92 Å². The van der Waals surface area contributed by atoms with Crippen LogP contribution in [0.4, 0.5) is 0 Å². The van der Waals surface area contributed by atoms with Crippen LogP contribution in [-0.4, -0.2) is 111 Å². The van der Waals surface area contributed by atoms with E-state index in [4.69, 9.17) is 9.47 Å². The summed E-state index contributed by atoms with van der Waals surface area (Å²) < 4.78 is 44.1. The molecule has 2 atom stereocenters. The van der Waals surface area contributed by atoms with E-state index in [0.717, 1.165) is 6.42 Å². The Kier molecular flexibility index (Phi) is 12.8. The van der Waals surface area contributed by atoms with E-state index in [1.54, 1.807) is 25.7 Å². The average Bonchev–Trinajstić information content (AvgIpc) is 3.19. The van der Waals surface area contributed by atoms with E-state index in [1.807, 2.05) is 28.1 Å². The molecule has 2 N–H and O–H groups in total. The second-order valence-electron chi connectivity index (χ2n) is 13.8. The van der Waals surface area contributed by atoms with Crippen molar-refractivity contribution in [3.8, 4) is 0 Å². The summed E-state index contributed by atoms with van der Waals surface area (Å²) in [6.45, 7) is 11.5. The fourth-order valence-electron chi connectivity index (χ4n) is 4.77. The molecule has 0 aliphatic carbocycles. The minimum atomic E-state index is -4.39. The third-order valence-corrected chi connectivity index (χ3v) is 8.50. The first-order valence-electron chi connectivity index (χ1n) is 14.2. The van der Waals surface area contributed by atoms with E-state index in [2.05, 4.69) is 5.32 Å². The number of ether oxygens (including phenoxy) is 2. The molecule has 12 nitrogen and oxygen atoms in total. The van der Waals surface area contributed by atoms with Crippen LogP contribution in [-0.2, 0) is 38.8 Å². The van der Waals surface area contributed by atoms with Crippen molar-refractivity contribution in [2.24, 2.45) is 16.7 Å². The van der Waals surface area contributed by atoms with Crippen LogP contribution in [0.5, 0.6) is 0 Å². The summed E-state index contributed by atoms with van der Waals surface area (Å²) in [6.07, 6.45) is 1.67. The van der Waals surface area contributed by atoms with Gasteiger partial charge in [-0.3, -0.25) is 23.7 Å². The maximum absolute atomic E-state index is 13.6. The van der Waals surface area contributed by atoms with Crippen molar-refractivity contribution in [2.45, 2.75) is 79.2 Å². The molecule has 0 radical (unpaired) electrons. The van der Waals surface area contributed by atoms with Gasteiger partial charge < -0.3 is 24.2 Å². The molecule has 0 aromatic heterocycles. The number of quaternary nitrogens is 1. The molecule has 1 saturated heterocycles. The first-order chi connectivity index (χ1) is 18.5. The van der Waals surface area contributed by atoms with Crippen molar-refractivity contribution in [3.63, 3.8) is 0 Å². The van der Waals surface area contributed by atoms with Gasteiger partial charge in [0, 0.05) is 18.9 Å². The van der Waals surface area contributed by atoms with E-state index in [9.17, 15) is 32.1 Å². The molecule has 2 amide bonds. The molecule has 238 valence electrons. The second-order valence-corrected chi connectivity index (χ2v) is 15.2. The fraction of sp³-hybridized carbons (Fsp3) is 0.857. The standard InChI is InChI=1S/C28H51N3O9S/c1-10-28(6,25(35)40-17-15-31(7,8)9)19-21(23(33)29-27(4,5)20-41(36,37)38)18-26(2,3)24(34)39-16-14-30-13-11-12-22(30)32/h21H,10-20H2,1-9H3,(H-,29,33,36,37,38)/p+1. The van der Waals surface area contributed by atoms with E-state index < -0.39 is 56.0 Å². The number of hydrogen-bond donors (Lipinski definition) is 2. The lowest BCUT2D eigenvalue weighted by Gasteiger charge is -2.35. The molecule has 1 fully saturated rings. The summed E-state index contributed by atoms with van der Waals surface area (Å²) in [5, 5.41) is 2.68. The van der Waals surface area contributed by atoms with Gasteiger partial charge in [0.25, 0.3) is 10.1 Å². The van der Waals surface area contributed by atoms with Crippen molar-refractivity contribution in [2.75, 3.05) is 59.7 Å². The minimum absolute atomic E-state index is 0.00398. The van der Waals surface area contributed by atoms with Crippen LogP contribution in [0, 0.1) is 16.7 Å². The number of nitrogens with zero attached hydrogens (tertiary/aromatic N) is 2. The molecule has 0 spiro atoms. The van der Waals surface area contributed by atoms with Crippen molar-refractivity contribution in [1.29, 1.82) is 0 Å². The zero-order valence-corrected chi connectivity index (χ0v) is 27.2. The van der Waals surface area contributed by atoms with Crippen LogP contribution in [0.25, 0.3) is 0 Å². The number of esters is 2. The van der Waals surface area contributed by atoms with Gasteiger partial charge in [0.05, 0.1) is 49.8 Å². The highest BCUT2D eigenvalue weighted by atomic mass is 32.2. The number of likely N-dealkylation sites (tertiary alicyclic amines) is 1. The van der Waals surface area contributed by atoms with Gasteiger partial charge in [0.15, 0.2) is 0 Å². The largest absolute Gasteiger partial charge is 0.463 e. The normalized spacial score (nSPS) is 17.1. The van der Waals surface area contributed by atoms with Crippen LogP contribution >= 0.6 is 0 Å². The predicted octanol–water partition coefficient (Wildman–Crippen LogP) is 2.02. The molecule has 1 aliphatic rings. The van der Waals surface area contributed by atoms with Gasteiger partial charge in [0.2, 0.25) is 11.8 Å². The van der Waals surface area contributed by atoms with Crippen molar-refractivity contribution in [1.82, 2.24) is 10.2 Å². The SMILES string of the molecule is CCC(C)(CC(CC(C)(C)C(=O)OCCN1CCCC1=O)C(=O)NC(C)(C)CS(=O)(=O)O)C(=O)OCC[N+](C)(C)C. The lowest BCUT2D eigenvalue weighted by atomic mass is 9.72. The topological polar surface area (TPSA) is 156 Å². The second kappa shape index (κ2) is 14.3. The maximum Gasteiger partial charge on any atom is 0.312 e. The number of amides is 2. The highest BCUT2D eigenvalue weighted by Gasteiger charge is 2.43. The van der Waals surface area contributed by atoms with Gasteiger partial charge in [-0.15, -0.1) is 0 Å². The molecule has 0 bridgehead atoms. The molecule has 2 unspecified atom stereocenters. The Morgan fingerprint density at radius 1 is 1.02 bits per heavy atom. The van der Waals surface area contributed by atoms with E-state index in [0.29, 0.717) is 37.0 Å². The molecule has 41 heavy (non-hydrogen) atoms. The number of hydrogen-bond acceptors (Lipinski definition) is 8. The predicted molar refractivity (Wildman–Crippen MR) is 154 cm³/mol. The summed E-state index contributed by atoms with van der Waals surface area (Å²) in [5.41, 5.74) is -3.52. The first kappa shape index (κ1) is 36.8. The highest BCUT2D eigenvalue weighted by molar-refractivity contribution is 7.85. The molecular formula is C28H52N3O9S+. The van der Waals surface area contributed by atoms with Crippen LogP contribution in [0.1, 0.15) is 73.6 Å². The summed E-state index contributed by atoms with van der Waals surface area (Å²) in [7, 11) is 1.54. The molecule has 0 saturated carbocycles. The van der Waals surface area contributed by atoms with Crippen LogP contribution < -0.4 is 5.32 Å². The molecule has 1 heterocycles. The molecule has 1 rings (SSSR count). The highest BCUT2D eigenvalue weighted by Crippen LogP contribution is 2.38. The third kappa shape index (κ3) is 13.1. The van der Waals surface area contributed by atoms with E-state index in [1.165, 1.54) is 13.8 Å². The lowest BCUT2D eigenvalue weighted by Crippen LogP contribution is -2.52. The Hall–Kier alpha value is -2.25. The van der Waals surface area contributed by atoms with Gasteiger partial charge in [0.1, 0.15) is 19.8 Å². The average molecular weight is 607 g/mol.